The van der Waals surface area contributed by atoms with E-state index in [0.29, 0.717) is 5.82 Å². The molecule has 120 valence electrons. The summed E-state index contributed by atoms with van der Waals surface area (Å²) in [7, 11) is 0. The van der Waals surface area contributed by atoms with Crippen LogP contribution in [0.4, 0.5) is 17.3 Å². The highest BCUT2D eigenvalue weighted by Gasteiger charge is 2.15. The number of nitrogens with zero attached hydrogens (tertiary/aromatic N) is 2. The van der Waals surface area contributed by atoms with Crippen LogP contribution in [0.2, 0.25) is 0 Å². The number of fused-ring (bicyclic) bond motifs is 1. The Labute approximate surface area is 134 Å². The molecule has 1 saturated heterocycles. The molecule has 2 aliphatic heterocycles. The van der Waals surface area contributed by atoms with Crippen molar-refractivity contribution in [2.24, 2.45) is 0 Å². The Balaban J connectivity index is 1.41. The summed E-state index contributed by atoms with van der Waals surface area (Å²) in [5, 5.41) is 6.54. The third kappa shape index (κ3) is 3.29. The van der Waals surface area contributed by atoms with E-state index in [2.05, 4.69) is 20.6 Å². The van der Waals surface area contributed by atoms with Crippen molar-refractivity contribution in [1.82, 2.24) is 9.97 Å². The van der Waals surface area contributed by atoms with Gasteiger partial charge in [-0.1, -0.05) is 0 Å². The van der Waals surface area contributed by atoms with E-state index < -0.39 is 0 Å². The van der Waals surface area contributed by atoms with Crippen molar-refractivity contribution in [2.45, 2.75) is 18.9 Å². The molecule has 3 heterocycles. The first-order valence-electron chi connectivity index (χ1n) is 7.71. The van der Waals surface area contributed by atoms with Crippen molar-refractivity contribution < 1.29 is 14.2 Å². The second-order valence-corrected chi connectivity index (χ2v) is 5.50. The van der Waals surface area contributed by atoms with Gasteiger partial charge in [-0.2, -0.15) is 0 Å². The molecule has 1 aromatic heterocycles. The number of anilines is 3. The Morgan fingerprint density at radius 2 is 2.00 bits per heavy atom. The fourth-order valence-electron chi connectivity index (χ4n) is 2.67. The molecule has 1 fully saturated rings. The molecule has 1 atom stereocenters. The van der Waals surface area contributed by atoms with Crippen LogP contribution >= 0.6 is 0 Å². The molecule has 2 N–H and O–H groups in total. The quantitative estimate of drug-likeness (QED) is 0.878. The van der Waals surface area contributed by atoms with Gasteiger partial charge in [-0.25, -0.2) is 9.97 Å². The summed E-state index contributed by atoms with van der Waals surface area (Å²) >= 11 is 0. The van der Waals surface area contributed by atoms with Gasteiger partial charge >= 0.3 is 0 Å². The number of hydrogen-bond acceptors (Lipinski definition) is 7. The first-order valence-corrected chi connectivity index (χ1v) is 7.71. The first kappa shape index (κ1) is 14.1. The summed E-state index contributed by atoms with van der Waals surface area (Å²) < 4.78 is 16.3. The van der Waals surface area contributed by atoms with Crippen LogP contribution in [0, 0.1) is 0 Å². The van der Waals surface area contributed by atoms with Crippen LogP contribution in [0.1, 0.15) is 12.8 Å². The summed E-state index contributed by atoms with van der Waals surface area (Å²) in [6.45, 7) is 1.89. The molecule has 0 aliphatic carbocycles. The molecule has 4 rings (SSSR count). The molecule has 0 spiro atoms. The van der Waals surface area contributed by atoms with Gasteiger partial charge in [0.2, 0.25) is 6.79 Å². The SMILES string of the molecule is c1nc(NCC2CCCO2)cc(Nc2ccc3c(c2)OCO3)n1. The molecule has 0 saturated carbocycles. The minimum Gasteiger partial charge on any atom is -0.454 e. The van der Waals surface area contributed by atoms with Crippen molar-refractivity contribution in [1.29, 1.82) is 0 Å². The van der Waals surface area contributed by atoms with E-state index in [1.165, 1.54) is 6.33 Å². The molecule has 0 bridgehead atoms. The standard InChI is InChI=1S/C16H18N4O3/c1-2-12(21-5-1)8-17-15-7-16(19-9-18-15)20-11-3-4-13-14(6-11)23-10-22-13/h3-4,6-7,9,12H,1-2,5,8,10H2,(H2,17,18,19,20). The van der Waals surface area contributed by atoms with Crippen molar-refractivity contribution >= 4 is 17.3 Å². The highest BCUT2D eigenvalue weighted by molar-refractivity contribution is 5.63. The van der Waals surface area contributed by atoms with Gasteiger partial charge in [-0.05, 0) is 25.0 Å². The van der Waals surface area contributed by atoms with Gasteiger partial charge in [0.1, 0.15) is 18.0 Å². The fraction of sp³-hybridized carbons (Fsp3) is 0.375. The zero-order valence-electron chi connectivity index (χ0n) is 12.6. The molecule has 0 amide bonds. The van der Waals surface area contributed by atoms with E-state index in [-0.39, 0.29) is 12.9 Å². The van der Waals surface area contributed by atoms with Gasteiger partial charge < -0.3 is 24.8 Å². The second-order valence-electron chi connectivity index (χ2n) is 5.50. The minimum absolute atomic E-state index is 0.267. The van der Waals surface area contributed by atoms with Crippen molar-refractivity contribution in [3.63, 3.8) is 0 Å². The van der Waals surface area contributed by atoms with Crippen LogP contribution in [0.25, 0.3) is 0 Å². The maximum Gasteiger partial charge on any atom is 0.231 e. The molecule has 2 aromatic rings. The monoisotopic (exact) mass is 314 g/mol. The number of hydrogen-bond donors (Lipinski definition) is 2. The predicted octanol–water partition coefficient (Wildman–Crippen LogP) is 2.54. The lowest BCUT2D eigenvalue weighted by molar-refractivity contribution is 0.120. The molecule has 0 radical (unpaired) electrons. The van der Waals surface area contributed by atoms with Gasteiger partial charge in [-0.3, -0.25) is 0 Å². The molecular weight excluding hydrogens is 296 g/mol. The largest absolute Gasteiger partial charge is 0.454 e. The number of rotatable bonds is 5. The third-order valence-corrected chi connectivity index (χ3v) is 3.85. The average Bonchev–Trinajstić information content (AvgIpc) is 3.24. The lowest BCUT2D eigenvalue weighted by Crippen LogP contribution is -2.19. The van der Waals surface area contributed by atoms with Crippen molar-refractivity contribution in [3.8, 4) is 11.5 Å². The van der Waals surface area contributed by atoms with Gasteiger partial charge in [0.15, 0.2) is 11.5 Å². The van der Waals surface area contributed by atoms with E-state index in [9.17, 15) is 0 Å². The van der Waals surface area contributed by atoms with Gasteiger partial charge in [0.05, 0.1) is 6.10 Å². The predicted molar refractivity (Wildman–Crippen MR) is 85.3 cm³/mol. The van der Waals surface area contributed by atoms with E-state index in [0.717, 1.165) is 49.0 Å². The fourth-order valence-corrected chi connectivity index (χ4v) is 2.67. The molecule has 7 nitrogen and oxygen atoms in total. The van der Waals surface area contributed by atoms with Crippen LogP contribution in [-0.2, 0) is 4.74 Å². The number of ether oxygens (including phenoxy) is 3. The topological polar surface area (TPSA) is 77.5 Å². The molecule has 23 heavy (non-hydrogen) atoms. The van der Waals surface area contributed by atoms with E-state index in [4.69, 9.17) is 14.2 Å². The number of aromatic nitrogens is 2. The molecule has 1 unspecified atom stereocenters. The van der Waals surface area contributed by atoms with Crippen LogP contribution in [0.5, 0.6) is 11.5 Å². The molecule has 2 aliphatic rings. The Bertz CT molecular complexity index is 689. The lowest BCUT2D eigenvalue weighted by Gasteiger charge is -2.12. The number of nitrogens with one attached hydrogen (secondary N) is 2. The molecule has 1 aromatic carbocycles. The Kier molecular flexibility index (Phi) is 3.85. The summed E-state index contributed by atoms with van der Waals surface area (Å²) in [5.41, 5.74) is 0.887. The highest BCUT2D eigenvalue weighted by atomic mass is 16.7. The summed E-state index contributed by atoms with van der Waals surface area (Å²) in [6.07, 6.45) is 4.04. The van der Waals surface area contributed by atoms with Crippen LogP contribution in [-0.4, -0.2) is 36.0 Å². The van der Waals surface area contributed by atoms with Crippen molar-refractivity contribution in [3.05, 3.63) is 30.6 Å². The van der Waals surface area contributed by atoms with E-state index >= 15 is 0 Å². The normalized spacial score (nSPS) is 18.9. The lowest BCUT2D eigenvalue weighted by atomic mass is 10.2. The van der Waals surface area contributed by atoms with Crippen LogP contribution in [0.3, 0.4) is 0 Å². The maximum absolute atomic E-state index is 5.60. The molecular formula is C16H18N4O3. The Hall–Kier alpha value is -2.54. The van der Waals surface area contributed by atoms with Gasteiger partial charge in [0.25, 0.3) is 0 Å². The van der Waals surface area contributed by atoms with Crippen LogP contribution in [0.15, 0.2) is 30.6 Å². The summed E-state index contributed by atoms with van der Waals surface area (Å²) in [6, 6.07) is 7.57. The van der Waals surface area contributed by atoms with E-state index in [1.54, 1.807) is 0 Å². The van der Waals surface area contributed by atoms with Gasteiger partial charge in [-0.15, -0.1) is 0 Å². The van der Waals surface area contributed by atoms with E-state index in [1.807, 2.05) is 24.3 Å². The summed E-state index contributed by atoms with van der Waals surface area (Å²) in [5.74, 6) is 2.99. The zero-order valence-corrected chi connectivity index (χ0v) is 12.6. The Morgan fingerprint density at radius 1 is 1.09 bits per heavy atom. The molecule has 7 heteroatoms. The van der Waals surface area contributed by atoms with Gasteiger partial charge in [0, 0.05) is 31.0 Å². The average molecular weight is 314 g/mol. The third-order valence-electron chi connectivity index (χ3n) is 3.85. The Morgan fingerprint density at radius 3 is 2.91 bits per heavy atom. The summed E-state index contributed by atoms with van der Waals surface area (Å²) in [4.78, 5) is 8.48. The number of benzene rings is 1. The van der Waals surface area contributed by atoms with Crippen LogP contribution < -0.4 is 20.1 Å². The smallest absolute Gasteiger partial charge is 0.231 e. The second kappa shape index (κ2) is 6.29. The zero-order chi connectivity index (χ0) is 15.5. The first-order chi connectivity index (χ1) is 11.4. The minimum atomic E-state index is 0.267. The maximum atomic E-state index is 5.60. The highest BCUT2D eigenvalue weighted by Crippen LogP contribution is 2.34. The van der Waals surface area contributed by atoms with Crippen molar-refractivity contribution in [2.75, 3.05) is 30.6 Å².